The van der Waals surface area contributed by atoms with Gasteiger partial charge in [0.1, 0.15) is 5.75 Å². The van der Waals surface area contributed by atoms with E-state index in [1.165, 1.54) is 24.3 Å². The Morgan fingerprint density at radius 1 is 1.09 bits per heavy atom. The molecule has 0 radical (unpaired) electrons. The van der Waals surface area contributed by atoms with E-state index in [0.717, 1.165) is 0 Å². The Morgan fingerprint density at radius 2 is 1.70 bits per heavy atom. The van der Waals surface area contributed by atoms with Crippen LogP contribution in [0.15, 0.2) is 53.4 Å². The fourth-order valence-corrected chi connectivity index (χ4v) is 2.26. The quantitative estimate of drug-likeness (QED) is 0.713. The summed E-state index contributed by atoms with van der Waals surface area (Å²) in [5, 5.41) is 10.6. The van der Waals surface area contributed by atoms with Crippen molar-refractivity contribution >= 4 is 33.3 Å². The molecule has 0 spiro atoms. The van der Waals surface area contributed by atoms with E-state index in [-0.39, 0.29) is 11.6 Å². The zero-order chi connectivity index (χ0) is 16.9. The Labute approximate surface area is 138 Å². The molecular formula is C14H14ClN3O4S. The minimum absolute atomic E-state index is 0.0328. The predicted molar refractivity (Wildman–Crippen MR) is 86.9 cm³/mol. The molecule has 2 rings (SSSR count). The van der Waals surface area contributed by atoms with Gasteiger partial charge in [-0.25, -0.2) is 18.4 Å². The molecular weight excluding hydrogens is 342 g/mol. The maximum Gasteiger partial charge on any atom is 0.321 e. The third kappa shape index (κ3) is 5.44. The summed E-state index contributed by atoms with van der Waals surface area (Å²) in [4.78, 5) is 11.6. The van der Waals surface area contributed by atoms with Crippen molar-refractivity contribution in [1.82, 2.24) is 5.32 Å². The molecule has 0 aromatic heterocycles. The van der Waals surface area contributed by atoms with Crippen LogP contribution in [-0.4, -0.2) is 21.2 Å². The first-order valence-corrected chi connectivity index (χ1v) is 8.33. The molecule has 4 N–H and O–H groups in total. The van der Waals surface area contributed by atoms with Crippen LogP contribution in [0.3, 0.4) is 0 Å². The van der Waals surface area contributed by atoms with Crippen molar-refractivity contribution in [2.45, 2.75) is 4.90 Å². The average Bonchev–Trinajstić information content (AvgIpc) is 2.49. The molecule has 0 saturated carbocycles. The van der Waals surface area contributed by atoms with Gasteiger partial charge in [-0.3, -0.25) is 0 Å². The number of rotatable bonds is 5. The molecule has 0 saturated heterocycles. The number of nitrogens with one attached hydrogen (secondary N) is 2. The smallest absolute Gasteiger partial charge is 0.321 e. The highest BCUT2D eigenvalue weighted by molar-refractivity contribution is 7.89. The van der Waals surface area contributed by atoms with Gasteiger partial charge in [0, 0.05) is 10.7 Å². The summed E-state index contributed by atoms with van der Waals surface area (Å²) >= 11 is 5.74. The van der Waals surface area contributed by atoms with E-state index in [1.807, 2.05) is 0 Å². The summed E-state index contributed by atoms with van der Waals surface area (Å²) in [6.45, 7) is -0.0390. The number of urea groups is 1. The minimum Gasteiger partial charge on any atom is -0.473 e. The van der Waals surface area contributed by atoms with Gasteiger partial charge in [-0.2, -0.15) is 0 Å². The van der Waals surface area contributed by atoms with Gasteiger partial charge in [0.25, 0.3) is 0 Å². The van der Waals surface area contributed by atoms with Gasteiger partial charge in [0.05, 0.1) is 4.90 Å². The fourth-order valence-electron chi connectivity index (χ4n) is 1.62. The number of ether oxygens (including phenoxy) is 1. The van der Waals surface area contributed by atoms with E-state index >= 15 is 0 Å². The van der Waals surface area contributed by atoms with Crippen molar-refractivity contribution < 1.29 is 17.9 Å². The van der Waals surface area contributed by atoms with E-state index in [0.29, 0.717) is 16.5 Å². The summed E-state index contributed by atoms with van der Waals surface area (Å²) < 4.78 is 27.5. The van der Waals surface area contributed by atoms with E-state index < -0.39 is 16.1 Å². The summed E-state index contributed by atoms with van der Waals surface area (Å²) in [5.74, 6) is 0.562. The first kappa shape index (κ1) is 17.1. The van der Waals surface area contributed by atoms with E-state index in [4.69, 9.17) is 21.5 Å². The molecule has 23 heavy (non-hydrogen) atoms. The highest BCUT2D eigenvalue weighted by atomic mass is 35.5. The molecule has 0 bridgehead atoms. The number of anilines is 1. The number of halogens is 1. The average molecular weight is 356 g/mol. The standard InChI is InChI=1S/C14H14ClN3O4S/c15-10-1-5-12(6-2-10)22-9-17-14(19)18-11-3-7-13(8-4-11)23(16,20)21/h1-8H,9H2,(H2,16,20,21)(H2,17,18,19). The molecule has 0 aliphatic rings. The van der Waals surface area contributed by atoms with Crippen molar-refractivity contribution in [2.24, 2.45) is 5.14 Å². The van der Waals surface area contributed by atoms with Gasteiger partial charge in [-0.05, 0) is 48.5 Å². The highest BCUT2D eigenvalue weighted by Gasteiger charge is 2.07. The van der Waals surface area contributed by atoms with Gasteiger partial charge in [-0.1, -0.05) is 11.6 Å². The molecule has 0 aliphatic heterocycles. The topological polar surface area (TPSA) is 111 Å². The number of benzene rings is 2. The molecule has 2 amide bonds. The molecule has 0 fully saturated rings. The van der Waals surface area contributed by atoms with Gasteiger partial charge in [0.2, 0.25) is 10.0 Å². The lowest BCUT2D eigenvalue weighted by Crippen LogP contribution is -2.32. The summed E-state index contributed by atoms with van der Waals surface area (Å²) in [7, 11) is -3.75. The molecule has 2 aromatic rings. The van der Waals surface area contributed by atoms with Crippen molar-refractivity contribution in [3.63, 3.8) is 0 Å². The Balaban J connectivity index is 1.81. The molecule has 0 heterocycles. The second-order valence-electron chi connectivity index (χ2n) is 4.44. The molecule has 122 valence electrons. The van der Waals surface area contributed by atoms with Gasteiger partial charge >= 0.3 is 6.03 Å². The zero-order valence-corrected chi connectivity index (χ0v) is 13.4. The normalized spacial score (nSPS) is 10.9. The lowest BCUT2D eigenvalue weighted by atomic mass is 10.3. The van der Waals surface area contributed by atoms with Crippen LogP contribution in [0, 0.1) is 0 Å². The van der Waals surface area contributed by atoms with E-state index in [9.17, 15) is 13.2 Å². The summed E-state index contributed by atoms with van der Waals surface area (Å²) in [6, 6.07) is 11.7. The van der Waals surface area contributed by atoms with Crippen LogP contribution < -0.4 is 20.5 Å². The van der Waals surface area contributed by atoms with E-state index in [1.54, 1.807) is 24.3 Å². The lowest BCUT2D eigenvalue weighted by molar-refractivity contribution is 0.234. The monoisotopic (exact) mass is 355 g/mol. The first-order chi connectivity index (χ1) is 10.8. The lowest BCUT2D eigenvalue weighted by Gasteiger charge is -2.09. The van der Waals surface area contributed by atoms with Gasteiger partial charge < -0.3 is 15.4 Å². The van der Waals surface area contributed by atoms with Crippen LogP contribution in [0.1, 0.15) is 0 Å². The van der Waals surface area contributed by atoms with Gasteiger partial charge in [-0.15, -0.1) is 0 Å². The number of primary sulfonamides is 1. The van der Waals surface area contributed by atoms with E-state index in [2.05, 4.69) is 10.6 Å². The van der Waals surface area contributed by atoms with Crippen molar-refractivity contribution in [1.29, 1.82) is 0 Å². The second kappa shape index (κ2) is 7.32. The Morgan fingerprint density at radius 3 is 2.26 bits per heavy atom. The first-order valence-electron chi connectivity index (χ1n) is 6.41. The highest BCUT2D eigenvalue weighted by Crippen LogP contribution is 2.15. The number of sulfonamides is 1. The molecule has 0 atom stereocenters. The number of nitrogens with two attached hydrogens (primary N) is 1. The fraction of sp³-hybridized carbons (Fsp3) is 0.0714. The number of carbonyl (C=O) groups excluding carboxylic acids is 1. The van der Waals surface area contributed by atoms with Gasteiger partial charge in [0.15, 0.2) is 6.73 Å². The maximum absolute atomic E-state index is 11.7. The minimum atomic E-state index is -3.75. The van der Waals surface area contributed by atoms with Crippen molar-refractivity contribution in [2.75, 3.05) is 12.0 Å². The van der Waals surface area contributed by atoms with Crippen LogP contribution in [0.2, 0.25) is 5.02 Å². The largest absolute Gasteiger partial charge is 0.473 e. The Hall–Kier alpha value is -2.29. The van der Waals surface area contributed by atoms with Crippen molar-refractivity contribution in [3.05, 3.63) is 53.6 Å². The van der Waals surface area contributed by atoms with Crippen LogP contribution in [0.4, 0.5) is 10.5 Å². The van der Waals surface area contributed by atoms with Crippen LogP contribution in [0.5, 0.6) is 5.75 Å². The van der Waals surface area contributed by atoms with Crippen LogP contribution >= 0.6 is 11.6 Å². The number of hydrogen-bond donors (Lipinski definition) is 3. The SMILES string of the molecule is NS(=O)(=O)c1ccc(NC(=O)NCOc2ccc(Cl)cc2)cc1. The third-order valence-electron chi connectivity index (χ3n) is 2.73. The van der Waals surface area contributed by atoms with Crippen LogP contribution in [0.25, 0.3) is 0 Å². The molecule has 0 unspecified atom stereocenters. The number of carbonyl (C=O) groups is 1. The third-order valence-corrected chi connectivity index (χ3v) is 3.91. The molecule has 7 nitrogen and oxygen atoms in total. The molecule has 9 heteroatoms. The number of amides is 2. The second-order valence-corrected chi connectivity index (χ2v) is 6.44. The van der Waals surface area contributed by atoms with Crippen LogP contribution in [-0.2, 0) is 10.0 Å². The maximum atomic E-state index is 11.7. The van der Waals surface area contributed by atoms with Crippen molar-refractivity contribution in [3.8, 4) is 5.75 Å². The zero-order valence-electron chi connectivity index (χ0n) is 11.8. The Kier molecular flexibility index (Phi) is 5.43. The predicted octanol–water partition coefficient (Wildman–Crippen LogP) is 2.15. The number of hydrogen-bond acceptors (Lipinski definition) is 4. The summed E-state index contributed by atoms with van der Waals surface area (Å²) in [6.07, 6.45) is 0. The molecule has 0 aliphatic carbocycles. The summed E-state index contributed by atoms with van der Waals surface area (Å²) in [5.41, 5.74) is 0.418. The Bertz CT molecular complexity index is 777. The molecule has 2 aromatic carbocycles.